The topological polar surface area (TPSA) is 83.6 Å². The number of aromatic amines is 1. The average molecular weight is 317 g/mol. The second-order valence-electron chi connectivity index (χ2n) is 5.60. The number of carbonyl (C=O) groups excluding carboxylic acids is 1. The third-order valence-electron chi connectivity index (χ3n) is 4.00. The fourth-order valence-electron chi connectivity index (χ4n) is 2.75. The first-order valence-corrected chi connectivity index (χ1v) is 7.59. The number of aromatic nitrogens is 4. The maximum Gasteiger partial charge on any atom is 0.269 e. The minimum absolute atomic E-state index is 0.205. The largest absolute Gasteiger partial charge is 0.354 e. The van der Waals surface area contributed by atoms with Gasteiger partial charge < -0.3 is 10.3 Å². The summed E-state index contributed by atoms with van der Waals surface area (Å²) >= 11 is 0. The number of nitrogens with one attached hydrogen (secondary N) is 2. The molecule has 0 aliphatic rings. The molecule has 6 nitrogen and oxygen atoms in total. The molecule has 0 unspecified atom stereocenters. The molecule has 4 aromatic heterocycles. The summed E-state index contributed by atoms with van der Waals surface area (Å²) in [6, 6.07) is 9.53. The number of fused-ring (bicyclic) bond motifs is 3. The van der Waals surface area contributed by atoms with Crippen molar-refractivity contribution in [2.45, 2.75) is 6.92 Å². The van der Waals surface area contributed by atoms with Crippen molar-refractivity contribution in [2.24, 2.45) is 0 Å². The molecule has 1 amide bonds. The molecular formula is C18H15N5O. The summed E-state index contributed by atoms with van der Waals surface area (Å²) < 4.78 is 0. The van der Waals surface area contributed by atoms with Gasteiger partial charge in [0.2, 0.25) is 0 Å². The van der Waals surface area contributed by atoms with Crippen molar-refractivity contribution in [1.29, 1.82) is 0 Å². The third kappa shape index (κ3) is 2.28. The number of aryl methyl sites for hydroxylation is 1. The highest BCUT2D eigenvalue weighted by atomic mass is 16.1. The highest BCUT2D eigenvalue weighted by Gasteiger charge is 2.09. The van der Waals surface area contributed by atoms with Crippen LogP contribution < -0.4 is 5.32 Å². The zero-order valence-corrected chi connectivity index (χ0v) is 13.3. The average Bonchev–Trinajstić information content (AvgIpc) is 2.97. The third-order valence-corrected chi connectivity index (χ3v) is 4.00. The van der Waals surface area contributed by atoms with Crippen molar-refractivity contribution in [3.8, 4) is 11.3 Å². The number of pyridine rings is 3. The molecule has 0 bridgehead atoms. The molecule has 4 rings (SSSR count). The molecule has 0 saturated carbocycles. The van der Waals surface area contributed by atoms with Crippen molar-refractivity contribution in [3.63, 3.8) is 0 Å². The van der Waals surface area contributed by atoms with E-state index in [2.05, 4.69) is 25.3 Å². The van der Waals surface area contributed by atoms with Gasteiger partial charge in [-0.25, -0.2) is 4.98 Å². The van der Waals surface area contributed by atoms with Gasteiger partial charge in [0.15, 0.2) is 0 Å². The van der Waals surface area contributed by atoms with E-state index in [-0.39, 0.29) is 5.91 Å². The zero-order valence-electron chi connectivity index (χ0n) is 13.3. The first-order chi connectivity index (χ1) is 11.7. The van der Waals surface area contributed by atoms with E-state index in [0.717, 1.165) is 38.9 Å². The van der Waals surface area contributed by atoms with Crippen LogP contribution in [0.1, 0.15) is 16.2 Å². The Morgan fingerprint density at radius 3 is 2.71 bits per heavy atom. The van der Waals surface area contributed by atoms with Crippen LogP contribution in [-0.2, 0) is 0 Å². The monoisotopic (exact) mass is 317 g/mol. The van der Waals surface area contributed by atoms with Crippen LogP contribution in [0.25, 0.3) is 33.2 Å². The molecule has 0 aliphatic heterocycles. The summed E-state index contributed by atoms with van der Waals surface area (Å²) in [6.07, 6.45) is 3.53. The molecule has 118 valence electrons. The highest BCUT2D eigenvalue weighted by Crippen LogP contribution is 2.26. The van der Waals surface area contributed by atoms with Crippen LogP contribution in [0, 0.1) is 6.92 Å². The van der Waals surface area contributed by atoms with Gasteiger partial charge in [-0.15, -0.1) is 0 Å². The fraction of sp³-hybridized carbons (Fsp3) is 0.111. The molecular weight excluding hydrogens is 302 g/mol. The maximum atomic E-state index is 11.6. The molecule has 24 heavy (non-hydrogen) atoms. The van der Waals surface area contributed by atoms with Crippen LogP contribution >= 0.6 is 0 Å². The summed E-state index contributed by atoms with van der Waals surface area (Å²) in [7, 11) is 1.58. The number of amides is 1. The normalized spacial score (nSPS) is 11.1. The van der Waals surface area contributed by atoms with Crippen molar-refractivity contribution < 1.29 is 4.79 Å². The van der Waals surface area contributed by atoms with Gasteiger partial charge in [0.05, 0.1) is 11.2 Å². The lowest BCUT2D eigenvalue weighted by atomic mass is 10.1. The molecule has 0 radical (unpaired) electrons. The van der Waals surface area contributed by atoms with Crippen molar-refractivity contribution in [1.82, 2.24) is 25.3 Å². The van der Waals surface area contributed by atoms with Gasteiger partial charge in [0.1, 0.15) is 11.3 Å². The summed E-state index contributed by atoms with van der Waals surface area (Å²) in [5.74, 6) is -0.205. The molecule has 0 spiro atoms. The van der Waals surface area contributed by atoms with Gasteiger partial charge in [-0.1, -0.05) is 0 Å². The Balaban J connectivity index is 1.79. The van der Waals surface area contributed by atoms with E-state index in [1.165, 1.54) is 0 Å². The summed E-state index contributed by atoms with van der Waals surface area (Å²) in [5.41, 5.74) is 4.84. The second kappa shape index (κ2) is 5.42. The molecule has 4 heterocycles. The zero-order chi connectivity index (χ0) is 16.7. The van der Waals surface area contributed by atoms with Gasteiger partial charge >= 0.3 is 0 Å². The molecule has 6 heteroatoms. The van der Waals surface area contributed by atoms with Crippen LogP contribution in [0.4, 0.5) is 0 Å². The fourth-order valence-corrected chi connectivity index (χ4v) is 2.75. The summed E-state index contributed by atoms with van der Waals surface area (Å²) in [4.78, 5) is 28.1. The second-order valence-corrected chi connectivity index (χ2v) is 5.60. The number of H-pyrrole nitrogens is 1. The Kier molecular flexibility index (Phi) is 3.23. The number of rotatable bonds is 2. The van der Waals surface area contributed by atoms with E-state index in [0.29, 0.717) is 5.69 Å². The molecule has 0 fully saturated rings. The number of carbonyl (C=O) groups is 1. The quantitative estimate of drug-likeness (QED) is 0.595. The molecule has 2 N–H and O–H groups in total. The molecule has 4 aromatic rings. The first kappa shape index (κ1) is 14.3. The van der Waals surface area contributed by atoms with Gasteiger partial charge in [-0.2, -0.15) is 0 Å². The van der Waals surface area contributed by atoms with Crippen LogP contribution in [0.3, 0.4) is 0 Å². The van der Waals surface area contributed by atoms with Crippen molar-refractivity contribution in [3.05, 3.63) is 54.1 Å². The van der Waals surface area contributed by atoms with Crippen LogP contribution in [-0.4, -0.2) is 32.9 Å². The van der Waals surface area contributed by atoms with E-state index >= 15 is 0 Å². The maximum absolute atomic E-state index is 11.6. The highest BCUT2D eigenvalue weighted by molar-refractivity contribution is 6.06. The van der Waals surface area contributed by atoms with E-state index in [1.807, 2.05) is 37.4 Å². The van der Waals surface area contributed by atoms with Crippen molar-refractivity contribution >= 4 is 27.8 Å². The summed E-state index contributed by atoms with van der Waals surface area (Å²) in [5, 5.41) is 4.65. The number of hydrogen-bond acceptors (Lipinski definition) is 4. The standard InChI is InChI=1S/C18H15N5O/c1-10-7-16-13(9-20-10)12-4-6-14(22-17(12)23-16)11-3-5-15(21-8-11)18(24)19-2/h3-9H,1-2H3,(H,19,24)(H,22,23). The Bertz CT molecular complexity index is 1070. The van der Waals surface area contributed by atoms with Crippen LogP contribution in [0.5, 0.6) is 0 Å². The van der Waals surface area contributed by atoms with Gasteiger partial charge in [-0.3, -0.25) is 14.8 Å². The Morgan fingerprint density at radius 2 is 1.96 bits per heavy atom. The number of hydrogen-bond donors (Lipinski definition) is 2. The Morgan fingerprint density at radius 1 is 1.08 bits per heavy atom. The van der Waals surface area contributed by atoms with Crippen LogP contribution in [0.2, 0.25) is 0 Å². The Hall–Kier alpha value is -3.28. The van der Waals surface area contributed by atoms with Gasteiger partial charge in [-0.05, 0) is 37.3 Å². The molecule has 0 aromatic carbocycles. The lowest BCUT2D eigenvalue weighted by Crippen LogP contribution is -2.18. The van der Waals surface area contributed by atoms with E-state index in [1.54, 1.807) is 19.3 Å². The van der Waals surface area contributed by atoms with E-state index in [4.69, 9.17) is 0 Å². The smallest absolute Gasteiger partial charge is 0.269 e. The van der Waals surface area contributed by atoms with Crippen LogP contribution in [0.15, 0.2) is 42.7 Å². The minimum atomic E-state index is -0.205. The number of nitrogens with zero attached hydrogens (tertiary/aromatic N) is 3. The predicted octanol–water partition coefficient (Wildman–Crippen LogP) is 2.84. The lowest BCUT2D eigenvalue weighted by Gasteiger charge is -2.03. The predicted molar refractivity (Wildman–Crippen MR) is 92.8 cm³/mol. The van der Waals surface area contributed by atoms with Crippen molar-refractivity contribution in [2.75, 3.05) is 7.05 Å². The van der Waals surface area contributed by atoms with Gasteiger partial charge in [0.25, 0.3) is 5.91 Å². The minimum Gasteiger partial charge on any atom is -0.354 e. The lowest BCUT2D eigenvalue weighted by molar-refractivity contribution is 0.0958. The summed E-state index contributed by atoms with van der Waals surface area (Å²) in [6.45, 7) is 1.96. The molecule has 0 saturated heterocycles. The van der Waals surface area contributed by atoms with Gasteiger partial charge in [0, 0.05) is 41.5 Å². The van der Waals surface area contributed by atoms with E-state index in [9.17, 15) is 4.79 Å². The first-order valence-electron chi connectivity index (χ1n) is 7.59. The Labute approximate surface area is 138 Å². The van der Waals surface area contributed by atoms with E-state index < -0.39 is 0 Å². The molecule has 0 atom stereocenters. The molecule has 0 aliphatic carbocycles. The SMILES string of the molecule is CNC(=O)c1ccc(-c2ccc3c(n2)[nH]c2cc(C)ncc23)cn1.